The third-order valence-electron chi connectivity index (χ3n) is 5.98. The normalized spacial score (nSPS) is 35.1. The first kappa shape index (κ1) is 16.3. The van der Waals surface area contributed by atoms with Crippen molar-refractivity contribution in [1.29, 1.82) is 0 Å². The zero-order chi connectivity index (χ0) is 14.9. The molecule has 0 amide bonds. The fourth-order valence-electron chi connectivity index (χ4n) is 4.65. The summed E-state index contributed by atoms with van der Waals surface area (Å²) in [5.41, 5.74) is 0. The maximum absolute atomic E-state index is 2.71. The van der Waals surface area contributed by atoms with Gasteiger partial charge >= 0.3 is 0 Å². The van der Waals surface area contributed by atoms with Crippen molar-refractivity contribution in [2.45, 2.75) is 78.9 Å². The number of hydrogen-bond donors (Lipinski definition) is 0. The van der Waals surface area contributed by atoms with Gasteiger partial charge in [0.15, 0.2) is 0 Å². The second kappa shape index (κ2) is 6.79. The first-order valence-corrected chi connectivity index (χ1v) is 8.90. The third-order valence-corrected chi connectivity index (χ3v) is 5.98. The zero-order valence-electron chi connectivity index (χ0n) is 14.6. The largest absolute Gasteiger partial charge is 0.301 e. The van der Waals surface area contributed by atoms with Crippen LogP contribution in [0.5, 0.6) is 0 Å². The van der Waals surface area contributed by atoms with Crippen molar-refractivity contribution in [2.24, 2.45) is 17.8 Å². The van der Waals surface area contributed by atoms with E-state index in [1.807, 2.05) is 0 Å². The molecular weight excluding hydrogens is 244 g/mol. The van der Waals surface area contributed by atoms with Gasteiger partial charge in [-0.25, -0.2) is 0 Å². The Morgan fingerprint density at radius 1 is 0.900 bits per heavy atom. The monoisotopic (exact) mass is 280 g/mol. The summed E-state index contributed by atoms with van der Waals surface area (Å²) in [5.74, 6) is 2.83. The molecule has 2 heteroatoms. The summed E-state index contributed by atoms with van der Waals surface area (Å²) in [7, 11) is 0. The smallest absolute Gasteiger partial charge is 0.00725 e. The maximum atomic E-state index is 2.71. The predicted molar refractivity (Wildman–Crippen MR) is 88.0 cm³/mol. The molecular formula is C18H36N2. The Morgan fingerprint density at radius 3 is 2.00 bits per heavy atom. The molecule has 2 saturated heterocycles. The molecule has 2 nitrogen and oxygen atoms in total. The molecule has 2 aliphatic rings. The van der Waals surface area contributed by atoms with Crippen molar-refractivity contribution in [2.75, 3.05) is 19.6 Å². The van der Waals surface area contributed by atoms with E-state index < -0.39 is 0 Å². The Labute approximate surface area is 126 Å². The molecule has 0 aromatic rings. The van der Waals surface area contributed by atoms with Crippen molar-refractivity contribution in [3.05, 3.63) is 0 Å². The van der Waals surface area contributed by atoms with E-state index >= 15 is 0 Å². The predicted octanol–water partition coefficient (Wildman–Crippen LogP) is 3.86. The van der Waals surface area contributed by atoms with Crippen LogP contribution in [0.3, 0.4) is 0 Å². The minimum atomic E-state index is 0.705. The Bertz CT molecular complexity index is 292. The SMILES string of the molecule is CC(C)N1CCC(C2C[C@@H](C)N(C(C)C)C[C@@H]2C)CC1. The molecule has 118 valence electrons. The zero-order valence-corrected chi connectivity index (χ0v) is 14.6. The van der Waals surface area contributed by atoms with Crippen molar-refractivity contribution < 1.29 is 0 Å². The van der Waals surface area contributed by atoms with Gasteiger partial charge in [-0.15, -0.1) is 0 Å². The van der Waals surface area contributed by atoms with Gasteiger partial charge in [0.25, 0.3) is 0 Å². The van der Waals surface area contributed by atoms with Crippen LogP contribution in [0.15, 0.2) is 0 Å². The summed E-state index contributed by atoms with van der Waals surface area (Å²) in [6.45, 7) is 18.3. The van der Waals surface area contributed by atoms with Crippen LogP contribution in [0.1, 0.15) is 60.8 Å². The fourth-order valence-corrected chi connectivity index (χ4v) is 4.65. The average Bonchev–Trinajstić information content (AvgIpc) is 2.40. The topological polar surface area (TPSA) is 6.48 Å². The molecule has 0 N–H and O–H groups in total. The van der Waals surface area contributed by atoms with Gasteiger partial charge in [-0.05, 0) is 84.7 Å². The van der Waals surface area contributed by atoms with Crippen LogP contribution in [-0.4, -0.2) is 47.6 Å². The van der Waals surface area contributed by atoms with Crippen LogP contribution < -0.4 is 0 Å². The Balaban J connectivity index is 1.91. The van der Waals surface area contributed by atoms with Crippen LogP contribution in [0, 0.1) is 17.8 Å². The Kier molecular flexibility index (Phi) is 5.53. The molecule has 0 aromatic heterocycles. The summed E-state index contributed by atoms with van der Waals surface area (Å²) < 4.78 is 0. The van der Waals surface area contributed by atoms with Gasteiger partial charge in [0, 0.05) is 24.7 Å². The molecule has 2 fully saturated rings. The third kappa shape index (κ3) is 3.57. The lowest BCUT2D eigenvalue weighted by atomic mass is 9.71. The van der Waals surface area contributed by atoms with E-state index in [1.165, 1.54) is 38.9 Å². The van der Waals surface area contributed by atoms with Crippen molar-refractivity contribution in [3.8, 4) is 0 Å². The molecule has 3 atom stereocenters. The molecule has 0 aliphatic carbocycles. The van der Waals surface area contributed by atoms with E-state index in [0.29, 0.717) is 6.04 Å². The maximum Gasteiger partial charge on any atom is 0.00725 e. The van der Waals surface area contributed by atoms with E-state index in [-0.39, 0.29) is 0 Å². The van der Waals surface area contributed by atoms with E-state index in [4.69, 9.17) is 0 Å². The van der Waals surface area contributed by atoms with Crippen LogP contribution in [0.4, 0.5) is 0 Å². The lowest BCUT2D eigenvalue weighted by molar-refractivity contribution is 0.00884. The van der Waals surface area contributed by atoms with E-state index in [2.05, 4.69) is 51.3 Å². The Morgan fingerprint density at radius 2 is 1.50 bits per heavy atom. The highest BCUT2D eigenvalue weighted by molar-refractivity contribution is 4.90. The number of rotatable bonds is 3. The fraction of sp³-hybridized carbons (Fsp3) is 1.00. The number of nitrogens with zero attached hydrogens (tertiary/aromatic N) is 2. The molecule has 0 spiro atoms. The number of piperidine rings is 2. The summed E-state index contributed by atoms with van der Waals surface area (Å²) in [6.07, 6.45) is 4.29. The van der Waals surface area contributed by atoms with Crippen molar-refractivity contribution in [3.63, 3.8) is 0 Å². The number of hydrogen-bond acceptors (Lipinski definition) is 2. The molecule has 0 bridgehead atoms. The van der Waals surface area contributed by atoms with Crippen LogP contribution >= 0.6 is 0 Å². The van der Waals surface area contributed by atoms with E-state index in [9.17, 15) is 0 Å². The van der Waals surface area contributed by atoms with Gasteiger partial charge in [0.1, 0.15) is 0 Å². The first-order chi connectivity index (χ1) is 9.40. The second-order valence-electron chi connectivity index (χ2n) is 7.98. The van der Waals surface area contributed by atoms with Crippen molar-refractivity contribution >= 4 is 0 Å². The van der Waals surface area contributed by atoms with Crippen LogP contribution in [-0.2, 0) is 0 Å². The standard InChI is InChI=1S/C18H36N2/c1-13(2)19-9-7-17(8-10-19)18-11-16(6)20(14(3)4)12-15(18)5/h13-18H,7-12H2,1-6H3/t15-,16+,18?/m0/s1. The number of likely N-dealkylation sites (tertiary alicyclic amines) is 2. The molecule has 2 aliphatic heterocycles. The van der Waals surface area contributed by atoms with Gasteiger partial charge in [0.2, 0.25) is 0 Å². The van der Waals surface area contributed by atoms with Crippen molar-refractivity contribution in [1.82, 2.24) is 9.80 Å². The Hall–Kier alpha value is -0.0800. The molecule has 0 radical (unpaired) electrons. The summed E-state index contributed by atoms with van der Waals surface area (Å²) in [4.78, 5) is 5.37. The molecule has 2 rings (SSSR count). The van der Waals surface area contributed by atoms with E-state index in [0.717, 1.165) is 29.8 Å². The molecule has 0 saturated carbocycles. The molecule has 0 aromatic carbocycles. The highest BCUT2D eigenvalue weighted by Gasteiger charge is 2.37. The lowest BCUT2D eigenvalue weighted by Gasteiger charge is -2.48. The minimum Gasteiger partial charge on any atom is -0.301 e. The van der Waals surface area contributed by atoms with Gasteiger partial charge < -0.3 is 4.90 Å². The van der Waals surface area contributed by atoms with Crippen LogP contribution in [0.2, 0.25) is 0 Å². The quantitative estimate of drug-likeness (QED) is 0.774. The molecule has 2 heterocycles. The second-order valence-corrected chi connectivity index (χ2v) is 7.98. The lowest BCUT2D eigenvalue weighted by Crippen LogP contribution is -2.51. The minimum absolute atomic E-state index is 0.705. The van der Waals surface area contributed by atoms with Crippen LogP contribution in [0.25, 0.3) is 0 Å². The first-order valence-electron chi connectivity index (χ1n) is 8.90. The average molecular weight is 281 g/mol. The van der Waals surface area contributed by atoms with Gasteiger partial charge in [-0.2, -0.15) is 0 Å². The highest BCUT2D eigenvalue weighted by Crippen LogP contribution is 2.38. The summed E-state index contributed by atoms with van der Waals surface area (Å²) >= 11 is 0. The summed E-state index contributed by atoms with van der Waals surface area (Å²) in [6, 6.07) is 2.21. The highest BCUT2D eigenvalue weighted by atomic mass is 15.2. The summed E-state index contributed by atoms with van der Waals surface area (Å²) in [5, 5.41) is 0. The van der Waals surface area contributed by atoms with Gasteiger partial charge in [0.05, 0.1) is 0 Å². The van der Waals surface area contributed by atoms with Gasteiger partial charge in [-0.3, -0.25) is 4.90 Å². The van der Waals surface area contributed by atoms with Gasteiger partial charge in [-0.1, -0.05) is 6.92 Å². The molecule has 1 unspecified atom stereocenters. The van der Waals surface area contributed by atoms with E-state index in [1.54, 1.807) is 0 Å². The molecule has 20 heavy (non-hydrogen) atoms.